The minimum Gasteiger partial charge on any atom is -0.390 e. The van der Waals surface area contributed by atoms with Crippen LogP contribution in [0.15, 0.2) is 0 Å². The Kier molecular flexibility index (Phi) is 11.7. The van der Waals surface area contributed by atoms with Crippen LogP contribution in [-0.4, -0.2) is 69.5 Å². The molecule has 2 amide bonds. The SMILES string of the molecule is CC(C)C[C@H](O)[C@H](O)[C@H](CC1CCCCC1)NC(=O)[C@@H](CC(=O)N(C)CC1(O)CCCCC1)CC1CC1. The largest absolute Gasteiger partial charge is 0.390 e. The molecular weight excluding hydrogens is 468 g/mol. The molecule has 0 aromatic rings. The number of aliphatic hydroxyl groups is 3. The molecule has 0 spiro atoms. The van der Waals surface area contributed by atoms with Crippen LogP contribution in [0, 0.1) is 23.7 Å². The molecule has 37 heavy (non-hydrogen) atoms. The minimum absolute atomic E-state index is 0.107. The van der Waals surface area contributed by atoms with Crippen LogP contribution in [0.1, 0.15) is 117 Å². The van der Waals surface area contributed by atoms with Gasteiger partial charge in [0.05, 0.1) is 17.7 Å². The summed E-state index contributed by atoms with van der Waals surface area (Å²) in [5.41, 5.74) is -0.821. The van der Waals surface area contributed by atoms with E-state index in [4.69, 9.17) is 0 Å². The number of amides is 2. The van der Waals surface area contributed by atoms with Crippen LogP contribution in [0.25, 0.3) is 0 Å². The van der Waals surface area contributed by atoms with E-state index in [9.17, 15) is 24.9 Å². The van der Waals surface area contributed by atoms with Crippen molar-refractivity contribution in [2.45, 2.75) is 140 Å². The number of hydrogen-bond acceptors (Lipinski definition) is 5. The van der Waals surface area contributed by atoms with Gasteiger partial charge in [0.1, 0.15) is 6.10 Å². The van der Waals surface area contributed by atoms with Crippen molar-refractivity contribution < 1.29 is 24.9 Å². The summed E-state index contributed by atoms with van der Waals surface area (Å²) >= 11 is 0. The van der Waals surface area contributed by atoms with Gasteiger partial charge in [-0.25, -0.2) is 0 Å². The van der Waals surface area contributed by atoms with Crippen molar-refractivity contribution >= 4 is 11.8 Å². The maximum Gasteiger partial charge on any atom is 0.223 e. The van der Waals surface area contributed by atoms with Gasteiger partial charge >= 0.3 is 0 Å². The van der Waals surface area contributed by atoms with Crippen molar-refractivity contribution in [3.8, 4) is 0 Å². The zero-order valence-corrected chi connectivity index (χ0v) is 23.7. The molecule has 0 radical (unpaired) electrons. The van der Waals surface area contributed by atoms with Crippen LogP contribution in [0.4, 0.5) is 0 Å². The van der Waals surface area contributed by atoms with Crippen LogP contribution in [0.5, 0.6) is 0 Å². The number of nitrogens with zero attached hydrogens (tertiary/aromatic N) is 1. The normalized spacial score (nSPS) is 23.8. The van der Waals surface area contributed by atoms with Gasteiger partial charge in [-0.3, -0.25) is 9.59 Å². The lowest BCUT2D eigenvalue weighted by Gasteiger charge is -2.36. The lowest BCUT2D eigenvalue weighted by Crippen LogP contribution is -2.52. The lowest BCUT2D eigenvalue weighted by atomic mass is 9.82. The molecule has 0 unspecified atom stereocenters. The molecule has 0 aromatic carbocycles. The van der Waals surface area contributed by atoms with E-state index in [-0.39, 0.29) is 24.2 Å². The van der Waals surface area contributed by atoms with Crippen molar-refractivity contribution in [1.29, 1.82) is 0 Å². The fraction of sp³-hybridized carbons (Fsp3) is 0.933. The predicted octanol–water partition coefficient (Wildman–Crippen LogP) is 4.17. The first kappa shape index (κ1) is 30.4. The summed E-state index contributed by atoms with van der Waals surface area (Å²) in [6.07, 6.45) is 12.5. The number of carbonyl (C=O) groups excluding carboxylic acids is 2. The average Bonchev–Trinajstić information content (AvgIpc) is 3.67. The Morgan fingerprint density at radius 3 is 2.11 bits per heavy atom. The van der Waals surface area contributed by atoms with Crippen molar-refractivity contribution in [2.24, 2.45) is 23.7 Å². The van der Waals surface area contributed by atoms with Gasteiger partial charge in [-0.1, -0.05) is 78.1 Å². The van der Waals surface area contributed by atoms with Gasteiger partial charge in [0.2, 0.25) is 11.8 Å². The van der Waals surface area contributed by atoms with Gasteiger partial charge in [-0.15, -0.1) is 0 Å². The molecule has 4 N–H and O–H groups in total. The van der Waals surface area contributed by atoms with E-state index in [1.165, 1.54) is 19.3 Å². The molecule has 3 aliphatic rings. The maximum absolute atomic E-state index is 13.6. The second-order valence-corrected chi connectivity index (χ2v) is 13.2. The lowest BCUT2D eigenvalue weighted by molar-refractivity contribution is -0.139. The number of nitrogens with one attached hydrogen (secondary N) is 1. The monoisotopic (exact) mass is 522 g/mol. The van der Waals surface area contributed by atoms with Crippen LogP contribution >= 0.6 is 0 Å². The molecule has 3 fully saturated rings. The molecule has 7 nitrogen and oxygen atoms in total. The van der Waals surface area contributed by atoms with Gasteiger partial charge < -0.3 is 25.5 Å². The van der Waals surface area contributed by atoms with Crippen molar-refractivity contribution in [2.75, 3.05) is 13.6 Å². The van der Waals surface area contributed by atoms with Crippen LogP contribution < -0.4 is 5.32 Å². The number of carbonyl (C=O) groups is 2. The second-order valence-electron chi connectivity index (χ2n) is 13.2. The number of rotatable bonds is 14. The number of hydrogen-bond donors (Lipinski definition) is 4. The fourth-order valence-electron chi connectivity index (χ4n) is 6.56. The van der Waals surface area contributed by atoms with E-state index in [0.717, 1.165) is 57.8 Å². The summed E-state index contributed by atoms with van der Waals surface area (Å²) in [6, 6.07) is -0.512. The molecular formula is C30H54N2O5. The van der Waals surface area contributed by atoms with Gasteiger partial charge in [0.15, 0.2) is 0 Å². The molecule has 0 bridgehead atoms. The van der Waals surface area contributed by atoms with Crippen LogP contribution in [0.3, 0.4) is 0 Å². The van der Waals surface area contributed by atoms with E-state index in [0.29, 0.717) is 37.6 Å². The Bertz CT molecular complexity index is 713. The number of aliphatic hydroxyl groups excluding tert-OH is 2. The molecule has 0 heterocycles. The van der Waals surface area contributed by atoms with E-state index >= 15 is 0 Å². The van der Waals surface area contributed by atoms with Gasteiger partial charge in [-0.05, 0) is 49.9 Å². The first-order chi connectivity index (χ1) is 17.6. The van der Waals surface area contributed by atoms with Crippen molar-refractivity contribution in [3.05, 3.63) is 0 Å². The summed E-state index contributed by atoms with van der Waals surface area (Å²) in [5, 5.41) is 35.8. The Morgan fingerprint density at radius 2 is 1.51 bits per heavy atom. The van der Waals surface area contributed by atoms with Gasteiger partial charge in [0.25, 0.3) is 0 Å². The zero-order chi connectivity index (χ0) is 27.0. The van der Waals surface area contributed by atoms with E-state index in [2.05, 4.69) is 5.32 Å². The first-order valence-corrected chi connectivity index (χ1v) is 15.2. The molecule has 214 valence electrons. The summed E-state index contributed by atoms with van der Waals surface area (Å²) in [6.45, 7) is 4.35. The van der Waals surface area contributed by atoms with E-state index in [1.54, 1.807) is 11.9 Å². The molecule has 0 saturated heterocycles. The summed E-state index contributed by atoms with van der Waals surface area (Å²) in [4.78, 5) is 28.4. The average molecular weight is 523 g/mol. The quantitative estimate of drug-likeness (QED) is 0.274. The third-order valence-electron chi connectivity index (χ3n) is 9.01. The smallest absolute Gasteiger partial charge is 0.223 e. The summed E-state index contributed by atoms with van der Waals surface area (Å²) in [5.74, 6) is 0.415. The Morgan fingerprint density at radius 1 is 0.919 bits per heavy atom. The van der Waals surface area contributed by atoms with Crippen LogP contribution in [0.2, 0.25) is 0 Å². The Labute approximate surface area is 224 Å². The third kappa shape index (κ3) is 10.1. The molecule has 3 saturated carbocycles. The predicted molar refractivity (Wildman–Crippen MR) is 146 cm³/mol. The first-order valence-electron chi connectivity index (χ1n) is 15.2. The standard InChI is InChI=1S/C30H54N2O5/c1-21(2)16-26(33)28(35)25(18-22-10-6-4-7-11-22)31-29(36)24(17-23-12-13-23)19-27(34)32(3)20-30(37)14-8-5-9-15-30/h21-26,28,33,35,37H,4-20H2,1-3H3,(H,31,36)/t24-,25+,26+,28-/m1/s1. The summed E-state index contributed by atoms with van der Waals surface area (Å²) < 4.78 is 0. The molecule has 0 aliphatic heterocycles. The van der Waals surface area contributed by atoms with Crippen LogP contribution in [-0.2, 0) is 9.59 Å². The van der Waals surface area contributed by atoms with E-state index < -0.39 is 29.8 Å². The topological polar surface area (TPSA) is 110 Å². The highest BCUT2D eigenvalue weighted by Crippen LogP contribution is 2.37. The Balaban J connectivity index is 1.65. The van der Waals surface area contributed by atoms with Gasteiger partial charge in [-0.2, -0.15) is 0 Å². The molecule has 3 aliphatic carbocycles. The Hall–Kier alpha value is -1.18. The summed E-state index contributed by atoms with van der Waals surface area (Å²) in [7, 11) is 1.74. The second kappa shape index (κ2) is 14.3. The number of likely N-dealkylation sites (N-methyl/N-ethyl adjacent to an activating group) is 1. The highest BCUT2D eigenvalue weighted by molar-refractivity contribution is 5.86. The molecule has 4 atom stereocenters. The minimum atomic E-state index is -1.02. The molecule has 7 heteroatoms. The third-order valence-corrected chi connectivity index (χ3v) is 9.01. The fourth-order valence-corrected chi connectivity index (χ4v) is 6.56. The highest BCUT2D eigenvalue weighted by Gasteiger charge is 2.37. The molecule has 0 aromatic heterocycles. The van der Waals surface area contributed by atoms with Crippen molar-refractivity contribution in [3.63, 3.8) is 0 Å². The van der Waals surface area contributed by atoms with E-state index in [1.807, 2.05) is 13.8 Å². The zero-order valence-electron chi connectivity index (χ0n) is 23.7. The van der Waals surface area contributed by atoms with Gasteiger partial charge in [0, 0.05) is 25.9 Å². The highest BCUT2D eigenvalue weighted by atomic mass is 16.3. The maximum atomic E-state index is 13.6. The van der Waals surface area contributed by atoms with Crippen molar-refractivity contribution in [1.82, 2.24) is 10.2 Å². The molecule has 3 rings (SSSR count).